The SMILES string of the molecule is N#Cc1cc(F)cc(Oc2ccc(S(=O)(=O)C(F)(F)F)c3c2CC(F)C3)c1. The van der Waals surface area contributed by atoms with E-state index >= 15 is 0 Å². The molecule has 1 atom stereocenters. The van der Waals surface area contributed by atoms with Crippen LogP contribution in [-0.4, -0.2) is 20.1 Å². The first-order valence-electron chi connectivity index (χ1n) is 7.51. The monoisotopic (exact) mass is 403 g/mol. The van der Waals surface area contributed by atoms with E-state index in [1.165, 1.54) is 6.07 Å². The zero-order chi connectivity index (χ0) is 20.0. The van der Waals surface area contributed by atoms with Crippen LogP contribution in [0.2, 0.25) is 0 Å². The summed E-state index contributed by atoms with van der Waals surface area (Å²) in [6, 6.07) is 6.46. The van der Waals surface area contributed by atoms with Gasteiger partial charge in [0.1, 0.15) is 23.5 Å². The van der Waals surface area contributed by atoms with Crippen LogP contribution in [0, 0.1) is 17.1 Å². The zero-order valence-electron chi connectivity index (χ0n) is 13.3. The maximum Gasteiger partial charge on any atom is 0.501 e. The van der Waals surface area contributed by atoms with Gasteiger partial charge in [-0.1, -0.05) is 0 Å². The molecule has 10 heteroatoms. The van der Waals surface area contributed by atoms with E-state index in [9.17, 15) is 30.4 Å². The maximum absolute atomic E-state index is 13.8. The van der Waals surface area contributed by atoms with Crippen molar-refractivity contribution < 1.29 is 35.1 Å². The number of sulfone groups is 1. The van der Waals surface area contributed by atoms with Gasteiger partial charge in [-0.25, -0.2) is 17.2 Å². The number of fused-ring (bicyclic) bond motifs is 1. The molecule has 0 saturated heterocycles. The van der Waals surface area contributed by atoms with Crippen molar-refractivity contribution in [2.75, 3.05) is 0 Å². The van der Waals surface area contributed by atoms with Gasteiger partial charge in [-0.05, 0) is 29.8 Å². The van der Waals surface area contributed by atoms with Crippen molar-refractivity contribution in [3.8, 4) is 17.6 Å². The number of hydrogen-bond acceptors (Lipinski definition) is 4. The lowest BCUT2D eigenvalue weighted by atomic mass is 10.1. The average Bonchev–Trinajstić information content (AvgIpc) is 2.94. The van der Waals surface area contributed by atoms with E-state index in [-0.39, 0.29) is 34.6 Å². The first-order valence-corrected chi connectivity index (χ1v) is 9.00. The van der Waals surface area contributed by atoms with Crippen molar-refractivity contribution >= 4 is 9.84 Å². The zero-order valence-corrected chi connectivity index (χ0v) is 14.2. The lowest BCUT2D eigenvalue weighted by Gasteiger charge is -2.15. The summed E-state index contributed by atoms with van der Waals surface area (Å²) >= 11 is 0. The molecule has 27 heavy (non-hydrogen) atoms. The van der Waals surface area contributed by atoms with Gasteiger partial charge in [-0.2, -0.15) is 18.4 Å². The second-order valence-electron chi connectivity index (χ2n) is 5.86. The Bertz CT molecular complexity index is 1060. The van der Waals surface area contributed by atoms with Crippen LogP contribution in [0.15, 0.2) is 35.2 Å². The Balaban J connectivity index is 2.10. The van der Waals surface area contributed by atoms with Crippen LogP contribution in [0.5, 0.6) is 11.5 Å². The smallest absolute Gasteiger partial charge is 0.457 e. The van der Waals surface area contributed by atoms with Gasteiger partial charge < -0.3 is 4.74 Å². The Labute approximate surface area is 150 Å². The van der Waals surface area contributed by atoms with E-state index in [2.05, 4.69) is 0 Å². The number of alkyl halides is 4. The molecule has 3 rings (SSSR count). The normalized spacial score (nSPS) is 16.7. The highest BCUT2D eigenvalue weighted by atomic mass is 32.2. The van der Waals surface area contributed by atoms with Gasteiger partial charge in [-0.15, -0.1) is 0 Å². The molecule has 0 bridgehead atoms. The summed E-state index contributed by atoms with van der Waals surface area (Å²) in [6.07, 6.45) is -2.43. The third-order valence-corrected chi connectivity index (χ3v) is 5.59. The first kappa shape index (κ1) is 19.1. The van der Waals surface area contributed by atoms with E-state index in [0.29, 0.717) is 6.07 Å². The van der Waals surface area contributed by atoms with Crippen LogP contribution in [0.3, 0.4) is 0 Å². The molecular weight excluding hydrogens is 393 g/mol. The molecule has 2 aromatic rings. The highest BCUT2D eigenvalue weighted by Gasteiger charge is 2.49. The molecule has 0 aromatic heterocycles. The topological polar surface area (TPSA) is 67.2 Å². The molecule has 1 aliphatic rings. The van der Waals surface area contributed by atoms with E-state index in [0.717, 1.165) is 18.2 Å². The summed E-state index contributed by atoms with van der Waals surface area (Å²) in [6.45, 7) is 0. The predicted octanol–water partition coefficient (Wildman–Crippen LogP) is 4.22. The van der Waals surface area contributed by atoms with Gasteiger partial charge in [-0.3, -0.25) is 0 Å². The standard InChI is InChI=1S/C17H10F5NO3S/c18-10-3-9(8-23)4-12(5-10)26-15-1-2-16(27(24,25)17(20,21)22)14-7-11(19)6-13(14)15/h1-5,11H,6-7H2. The van der Waals surface area contributed by atoms with Gasteiger partial charge in [0.15, 0.2) is 0 Å². The molecule has 0 radical (unpaired) electrons. The Hall–Kier alpha value is -2.67. The van der Waals surface area contributed by atoms with Crippen molar-refractivity contribution in [3.05, 3.63) is 52.8 Å². The Morgan fingerprint density at radius 2 is 1.78 bits per heavy atom. The molecule has 1 aliphatic carbocycles. The summed E-state index contributed by atoms with van der Waals surface area (Å²) in [4.78, 5) is -1.02. The maximum atomic E-state index is 13.8. The Morgan fingerprint density at radius 1 is 1.11 bits per heavy atom. The lowest BCUT2D eigenvalue weighted by molar-refractivity contribution is -0.0436. The van der Waals surface area contributed by atoms with Gasteiger partial charge in [0.2, 0.25) is 0 Å². The molecule has 4 nitrogen and oxygen atoms in total. The largest absolute Gasteiger partial charge is 0.501 e. The first-order chi connectivity index (χ1) is 12.5. The Morgan fingerprint density at radius 3 is 2.41 bits per heavy atom. The van der Waals surface area contributed by atoms with Crippen LogP contribution in [-0.2, 0) is 22.7 Å². The number of nitriles is 1. The molecule has 0 fully saturated rings. The third-order valence-electron chi connectivity index (χ3n) is 4.02. The van der Waals surface area contributed by atoms with Gasteiger partial charge in [0.25, 0.3) is 9.84 Å². The minimum absolute atomic E-state index is 0.0319. The lowest BCUT2D eigenvalue weighted by Crippen LogP contribution is -2.24. The second kappa shape index (κ2) is 6.49. The number of ether oxygens (including phenoxy) is 1. The predicted molar refractivity (Wildman–Crippen MR) is 83.2 cm³/mol. The van der Waals surface area contributed by atoms with E-state index in [1.807, 2.05) is 0 Å². The van der Waals surface area contributed by atoms with Crippen LogP contribution in [0.1, 0.15) is 16.7 Å². The molecule has 142 valence electrons. The summed E-state index contributed by atoms with van der Waals surface area (Å²) in [7, 11) is -5.66. The van der Waals surface area contributed by atoms with E-state index in [1.54, 1.807) is 6.07 Å². The highest BCUT2D eigenvalue weighted by Crippen LogP contribution is 2.42. The Kier molecular flexibility index (Phi) is 4.59. The number of nitrogens with zero attached hydrogens (tertiary/aromatic N) is 1. The van der Waals surface area contributed by atoms with E-state index in [4.69, 9.17) is 10.00 Å². The van der Waals surface area contributed by atoms with Crippen molar-refractivity contribution in [2.24, 2.45) is 0 Å². The molecule has 0 amide bonds. The summed E-state index contributed by atoms with van der Waals surface area (Å²) < 4.78 is 94.9. The van der Waals surface area contributed by atoms with Crippen molar-refractivity contribution in [3.63, 3.8) is 0 Å². The second-order valence-corrected chi connectivity index (χ2v) is 7.77. The number of halogens is 5. The van der Waals surface area contributed by atoms with Gasteiger partial charge in [0.05, 0.1) is 16.5 Å². The van der Waals surface area contributed by atoms with Gasteiger partial charge >= 0.3 is 5.51 Å². The van der Waals surface area contributed by atoms with Gasteiger partial charge in [0, 0.05) is 24.5 Å². The third kappa shape index (κ3) is 3.47. The molecule has 0 N–H and O–H groups in total. The molecule has 0 spiro atoms. The quantitative estimate of drug-likeness (QED) is 0.720. The average molecular weight is 403 g/mol. The fourth-order valence-corrected chi connectivity index (χ4v) is 3.93. The van der Waals surface area contributed by atoms with Crippen LogP contribution in [0.4, 0.5) is 22.0 Å². The molecule has 0 aliphatic heterocycles. The number of hydrogen-bond donors (Lipinski definition) is 0. The minimum atomic E-state index is -5.66. The molecule has 0 saturated carbocycles. The molecular formula is C17H10F5NO3S. The molecule has 0 heterocycles. The fraction of sp³-hybridized carbons (Fsp3) is 0.235. The summed E-state index contributed by atoms with van der Waals surface area (Å²) in [5.41, 5.74) is -5.92. The van der Waals surface area contributed by atoms with Crippen LogP contribution < -0.4 is 4.74 Å². The summed E-state index contributed by atoms with van der Waals surface area (Å²) in [5.74, 6) is -0.997. The number of rotatable bonds is 3. The van der Waals surface area contributed by atoms with Crippen molar-refractivity contribution in [2.45, 2.75) is 29.4 Å². The summed E-state index contributed by atoms with van der Waals surface area (Å²) in [5, 5.41) is 8.85. The van der Waals surface area contributed by atoms with Crippen molar-refractivity contribution in [1.82, 2.24) is 0 Å². The molecule has 2 aromatic carbocycles. The highest BCUT2D eigenvalue weighted by molar-refractivity contribution is 7.92. The van der Waals surface area contributed by atoms with Crippen LogP contribution in [0.25, 0.3) is 0 Å². The fourth-order valence-electron chi connectivity index (χ4n) is 2.90. The van der Waals surface area contributed by atoms with Crippen molar-refractivity contribution in [1.29, 1.82) is 5.26 Å². The number of benzene rings is 2. The molecule has 1 unspecified atom stereocenters. The minimum Gasteiger partial charge on any atom is -0.457 e. The van der Waals surface area contributed by atoms with E-state index < -0.39 is 38.7 Å². The van der Waals surface area contributed by atoms with Crippen LogP contribution >= 0.6 is 0 Å².